The lowest BCUT2D eigenvalue weighted by atomic mass is 9.69. The summed E-state index contributed by atoms with van der Waals surface area (Å²) in [6, 6.07) is 0.976. The van der Waals surface area contributed by atoms with E-state index in [1.807, 2.05) is 0 Å². The molecule has 3 aliphatic heterocycles. The van der Waals surface area contributed by atoms with Crippen molar-refractivity contribution in [3.05, 3.63) is 47.7 Å². The number of hydrogen-bond donors (Lipinski definition) is 2. The summed E-state index contributed by atoms with van der Waals surface area (Å²) in [5.41, 5.74) is 3.14. The first-order valence-corrected chi connectivity index (χ1v) is 14.6. The van der Waals surface area contributed by atoms with Gasteiger partial charge in [-0.15, -0.1) is 11.6 Å². The summed E-state index contributed by atoms with van der Waals surface area (Å²) < 4.78 is 0. The third-order valence-corrected chi connectivity index (χ3v) is 8.92. The van der Waals surface area contributed by atoms with Gasteiger partial charge in [-0.3, -0.25) is 0 Å². The van der Waals surface area contributed by atoms with Crippen molar-refractivity contribution in [2.45, 2.75) is 77.3 Å². The van der Waals surface area contributed by atoms with Crippen molar-refractivity contribution in [1.29, 1.82) is 0 Å². The minimum absolute atomic E-state index is 0.171. The van der Waals surface area contributed by atoms with Crippen LogP contribution in [-0.4, -0.2) is 73.1 Å². The molecule has 4 aliphatic rings. The molecule has 35 heavy (non-hydrogen) atoms. The van der Waals surface area contributed by atoms with Crippen LogP contribution in [0.15, 0.2) is 47.7 Å². The Hall–Kier alpha value is -1.07. The molecule has 5 heteroatoms. The topological polar surface area (TPSA) is 30.5 Å². The average molecular weight is 501 g/mol. The molecule has 2 saturated heterocycles. The van der Waals surface area contributed by atoms with E-state index in [-0.39, 0.29) is 10.8 Å². The number of allylic oxidation sites excluding steroid dienone is 4. The van der Waals surface area contributed by atoms with Crippen molar-refractivity contribution in [3.8, 4) is 0 Å². The molecule has 0 amide bonds. The second-order valence-electron chi connectivity index (χ2n) is 12.3. The number of alkyl halides is 1. The molecule has 4 nitrogen and oxygen atoms in total. The zero-order valence-corrected chi connectivity index (χ0v) is 23.4. The highest BCUT2D eigenvalue weighted by Gasteiger charge is 2.38. The van der Waals surface area contributed by atoms with Crippen molar-refractivity contribution in [3.63, 3.8) is 0 Å². The van der Waals surface area contributed by atoms with Crippen molar-refractivity contribution >= 4 is 11.6 Å². The molecule has 0 spiro atoms. The van der Waals surface area contributed by atoms with E-state index in [0.717, 1.165) is 26.1 Å². The smallest absolute Gasteiger partial charge is 0.0553 e. The quantitative estimate of drug-likeness (QED) is 0.396. The first-order valence-electron chi connectivity index (χ1n) is 14.1. The van der Waals surface area contributed by atoms with Crippen LogP contribution in [0.2, 0.25) is 0 Å². The zero-order valence-electron chi connectivity index (χ0n) is 22.6. The lowest BCUT2D eigenvalue weighted by Crippen LogP contribution is -2.52. The monoisotopic (exact) mass is 500 g/mol. The first kappa shape index (κ1) is 27.0. The molecule has 4 atom stereocenters. The summed E-state index contributed by atoms with van der Waals surface area (Å²) in [5, 5.41) is 7.69. The van der Waals surface area contributed by atoms with E-state index in [4.69, 9.17) is 11.6 Å². The van der Waals surface area contributed by atoms with Crippen LogP contribution < -0.4 is 10.6 Å². The Morgan fingerprint density at radius 2 is 1.91 bits per heavy atom. The lowest BCUT2D eigenvalue weighted by molar-refractivity contribution is 0.0635. The summed E-state index contributed by atoms with van der Waals surface area (Å²) in [4.78, 5) is 5.30. The maximum atomic E-state index is 6.27. The molecule has 2 N–H and O–H groups in total. The van der Waals surface area contributed by atoms with Gasteiger partial charge in [-0.25, -0.2) is 0 Å². The normalized spacial score (nSPS) is 30.3. The van der Waals surface area contributed by atoms with Crippen LogP contribution in [-0.2, 0) is 0 Å². The second kappa shape index (κ2) is 12.4. The molecule has 1 aliphatic carbocycles. The predicted molar refractivity (Wildman–Crippen MR) is 151 cm³/mol. The van der Waals surface area contributed by atoms with Gasteiger partial charge in [-0.2, -0.15) is 0 Å². The Kier molecular flexibility index (Phi) is 9.60. The van der Waals surface area contributed by atoms with Crippen LogP contribution in [0.25, 0.3) is 0 Å². The molecule has 4 rings (SSSR count). The fourth-order valence-corrected chi connectivity index (χ4v) is 6.49. The molecule has 196 valence electrons. The van der Waals surface area contributed by atoms with Crippen molar-refractivity contribution in [2.75, 3.05) is 45.8 Å². The number of likely N-dealkylation sites (tertiary alicyclic amines) is 2. The summed E-state index contributed by atoms with van der Waals surface area (Å²) in [6.45, 7) is 17.8. The van der Waals surface area contributed by atoms with Crippen molar-refractivity contribution in [2.24, 2.45) is 17.3 Å². The van der Waals surface area contributed by atoms with Crippen molar-refractivity contribution in [1.82, 2.24) is 20.4 Å². The zero-order chi connectivity index (χ0) is 24.8. The Balaban J connectivity index is 1.22. The first-order chi connectivity index (χ1) is 16.8. The van der Waals surface area contributed by atoms with Gasteiger partial charge in [-0.1, -0.05) is 58.1 Å². The highest BCUT2D eigenvalue weighted by Crippen LogP contribution is 2.41. The number of halogens is 1. The van der Waals surface area contributed by atoms with Gasteiger partial charge in [0.15, 0.2) is 0 Å². The summed E-state index contributed by atoms with van der Waals surface area (Å²) in [5.74, 6) is 1.24. The molecule has 2 fully saturated rings. The Bertz CT molecular complexity index is 805. The maximum Gasteiger partial charge on any atom is 0.0553 e. The molecule has 0 bridgehead atoms. The SMILES string of the molecule is CC(C)[C@H](CN1CC[C@H](C2=CCC(Cl)C=C2)C(C)(C)C1)NCC1=CNC(CCN2CCCC2)C=C1. The Morgan fingerprint density at radius 1 is 1.11 bits per heavy atom. The van der Waals surface area contributed by atoms with Gasteiger partial charge in [0.1, 0.15) is 0 Å². The maximum absolute atomic E-state index is 6.27. The van der Waals surface area contributed by atoms with E-state index in [1.54, 1.807) is 0 Å². The van der Waals surface area contributed by atoms with Crippen LogP contribution in [0.1, 0.15) is 59.8 Å². The van der Waals surface area contributed by atoms with Crippen LogP contribution in [0.4, 0.5) is 0 Å². The molecule has 0 aromatic heterocycles. The molecule has 0 aromatic rings. The van der Waals surface area contributed by atoms with Crippen LogP contribution in [0.3, 0.4) is 0 Å². The minimum atomic E-state index is 0.171. The standard InChI is InChI=1S/C30H49ClN4/c1-23(2)29(33-20-24-7-12-27(32-19-24)13-17-34-15-5-6-16-34)21-35-18-14-28(30(3,4)22-35)25-8-10-26(31)11-9-25/h7-10,12,19,23,26-29,32-33H,5-6,11,13-18,20-22H2,1-4H3/t26?,27?,28-,29+/m1/s1. The lowest BCUT2D eigenvalue weighted by Gasteiger charge is -2.46. The van der Waals surface area contributed by atoms with Gasteiger partial charge in [0.2, 0.25) is 0 Å². The molecular weight excluding hydrogens is 452 g/mol. The highest BCUT2D eigenvalue weighted by molar-refractivity contribution is 6.22. The largest absolute Gasteiger partial charge is 0.384 e. The van der Waals surface area contributed by atoms with Crippen LogP contribution in [0.5, 0.6) is 0 Å². The third-order valence-electron chi connectivity index (χ3n) is 8.60. The van der Waals surface area contributed by atoms with Gasteiger partial charge in [0.05, 0.1) is 5.38 Å². The van der Waals surface area contributed by atoms with E-state index >= 15 is 0 Å². The number of dihydropyridines is 1. The van der Waals surface area contributed by atoms with E-state index in [0.29, 0.717) is 23.9 Å². The van der Waals surface area contributed by atoms with E-state index in [2.05, 4.69) is 84.7 Å². The molecule has 3 heterocycles. The molecule has 0 saturated carbocycles. The summed E-state index contributed by atoms with van der Waals surface area (Å²) in [6.07, 6.45) is 20.0. The van der Waals surface area contributed by atoms with E-state index < -0.39 is 0 Å². The van der Waals surface area contributed by atoms with Crippen molar-refractivity contribution < 1.29 is 0 Å². The van der Waals surface area contributed by atoms with Crippen LogP contribution in [0, 0.1) is 17.3 Å². The predicted octanol–water partition coefficient (Wildman–Crippen LogP) is 5.34. The fourth-order valence-electron chi connectivity index (χ4n) is 6.32. The third kappa shape index (κ3) is 7.71. The molecule has 0 aromatic carbocycles. The van der Waals surface area contributed by atoms with E-state index in [1.165, 1.54) is 63.0 Å². The van der Waals surface area contributed by atoms with Gasteiger partial charge < -0.3 is 20.4 Å². The van der Waals surface area contributed by atoms with Gasteiger partial charge in [0, 0.05) is 44.5 Å². The van der Waals surface area contributed by atoms with Gasteiger partial charge >= 0.3 is 0 Å². The molecule has 0 radical (unpaired) electrons. The van der Waals surface area contributed by atoms with E-state index in [9.17, 15) is 0 Å². The summed E-state index contributed by atoms with van der Waals surface area (Å²) in [7, 11) is 0. The number of nitrogens with one attached hydrogen (secondary N) is 2. The number of nitrogens with zero attached hydrogens (tertiary/aromatic N) is 2. The summed E-state index contributed by atoms with van der Waals surface area (Å²) >= 11 is 6.27. The fraction of sp³-hybridized carbons (Fsp3) is 0.733. The minimum Gasteiger partial charge on any atom is -0.384 e. The highest BCUT2D eigenvalue weighted by atomic mass is 35.5. The average Bonchev–Trinajstić information content (AvgIpc) is 3.35. The number of rotatable bonds is 10. The molecule has 2 unspecified atom stereocenters. The molecular formula is C30H49ClN4. The van der Waals surface area contributed by atoms with Gasteiger partial charge in [0.25, 0.3) is 0 Å². The Morgan fingerprint density at radius 3 is 2.54 bits per heavy atom. The van der Waals surface area contributed by atoms with Gasteiger partial charge in [-0.05, 0) is 80.1 Å². The number of hydrogen-bond acceptors (Lipinski definition) is 4. The number of piperidine rings is 1. The second-order valence-corrected chi connectivity index (χ2v) is 12.9. The Labute approximate surface area is 219 Å². The van der Waals surface area contributed by atoms with Crippen LogP contribution >= 0.6 is 11.6 Å².